The van der Waals surface area contributed by atoms with E-state index in [0.717, 1.165) is 11.3 Å². The molecule has 0 spiro atoms. The zero-order valence-corrected chi connectivity index (χ0v) is 16.0. The van der Waals surface area contributed by atoms with Crippen LogP contribution in [0.1, 0.15) is 18.4 Å². The Morgan fingerprint density at radius 2 is 2.00 bits per heavy atom. The Labute approximate surface area is 158 Å². The summed E-state index contributed by atoms with van der Waals surface area (Å²) in [5, 5.41) is 16.1. The molecule has 10 nitrogen and oxygen atoms in total. The van der Waals surface area contributed by atoms with E-state index >= 15 is 0 Å². The van der Waals surface area contributed by atoms with Crippen molar-refractivity contribution in [2.75, 3.05) is 11.3 Å². The van der Waals surface area contributed by atoms with E-state index in [1.54, 1.807) is 6.92 Å². The summed E-state index contributed by atoms with van der Waals surface area (Å²) >= 11 is 1.12. The first-order valence-electron chi connectivity index (χ1n) is 7.77. The number of cyclic esters (lactones) is 1. The van der Waals surface area contributed by atoms with Gasteiger partial charge in [-0.3, -0.25) is 9.52 Å². The molecule has 27 heavy (non-hydrogen) atoms. The Morgan fingerprint density at radius 1 is 1.30 bits per heavy atom. The second-order valence-electron chi connectivity index (χ2n) is 5.73. The van der Waals surface area contributed by atoms with Gasteiger partial charge in [0.2, 0.25) is 10.7 Å². The lowest BCUT2D eigenvalue weighted by atomic mass is 9.95. The number of ether oxygens (including phenoxy) is 1. The SMILES string of the molecule is CC(=O)[C@@]1(N=Nc2ccc(S(=O)(=O)Nc3nnc(C)s3)cc2)CCOC1=O. The predicted octanol–water partition coefficient (Wildman–Crippen LogP) is 2.01. The van der Waals surface area contributed by atoms with Crippen molar-refractivity contribution in [3.05, 3.63) is 29.3 Å². The maximum absolute atomic E-state index is 12.3. The molecule has 2 aromatic rings. The molecule has 1 saturated heterocycles. The number of anilines is 1. The van der Waals surface area contributed by atoms with E-state index in [9.17, 15) is 18.0 Å². The maximum Gasteiger partial charge on any atom is 0.343 e. The maximum atomic E-state index is 12.3. The molecule has 1 N–H and O–H groups in total. The monoisotopic (exact) mass is 409 g/mol. The Balaban J connectivity index is 1.79. The number of azo groups is 1. The van der Waals surface area contributed by atoms with Gasteiger partial charge in [-0.25, -0.2) is 13.2 Å². The molecule has 12 heteroatoms. The summed E-state index contributed by atoms with van der Waals surface area (Å²) in [6.45, 7) is 3.07. The van der Waals surface area contributed by atoms with Crippen molar-refractivity contribution in [3.63, 3.8) is 0 Å². The van der Waals surface area contributed by atoms with Gasteiger partial charge >= 0.3 is 5.97 Å². The lowest BCUT2D eigenvalue weighted by molar-refractivity contribution is -0.145. The highest BCUT2D eigenvalue weighted by Crippen LogP contribution is 2.29. The minimum atomic E-state index is -3.82. The van der Waals surface area contributed by atoms with Crippen LogP contribution in [0, 0.1) is 6.92 Å². The van der Waals surface area contributed by atoms with E-state index in [4.69, 9.17) is 4.74 Å². The van der Waals surface area contributed by atoms with Crippen LogP contribution in [0.3, 0.4) is 0 Å². The molecule has 3 rings (SSSR count). The van der Waals surface area contributed by atoms with Gasteiger partial charge in [0.05, 0.1) is 17.2 Å². The van der Waals surface area contributed by atoms with Crippen LogP contribution in [0.4, 0.5) is 10.8 Å². The van der Waals surface area contributed by atoms with E-state index in [1.165, 1.54) is 31.2 Å². The molecule has 1 fully saturated rings. The number of aryl methyl sites for hydroxylation is 1. The largest absolute Gasteiger partial charge is 0.463 e. The standard InChI is InChI=1S/C15H15N5O5S2/c1-9(21)15(7-8-25-13(15)22)20-17-11-3-5-12(6-4-11)27(23,24)19-14-18-16-10(2)26-14/h3-6H,7-8H2,1-2H3,(H,18,19)/t15-/m0/s1. The Bertz CT molecular complexity index is 1020. The molecule has 1 aromatic heterocycles. The predicted molar refractivity (Wildman–Crippen MR) is 95.4 cm³/mol. The number of rotatable bonds is 6. The number of sulfonamides is 1. The molecule has 0 aliphatic carbocycles. The third-order valence-corrected chi connectivity index (χ3v) is 6.09. The summed E-state index contributed by atoms with van der Waals surface area (Å²) in [6.07, 6.45) is 0.127. The summed E-state index contributed by atoms with van der Waals surface area (Å²) in [7, 11) is -3.82. The van der Waals surface area contributed by atoms with Gasteiger partial charge in [-0.15, -0.1) is 10.2 Å². The number of hydrogen-bond donors (Lipinski definition) is 1. The summed E-state index contributed by atoms with van der Waals surface area (Å²) < 4.78 is 31.8. The molecule has 1 aromatic carbocycles. The van der Waals surface area contributed by atoms with Crippen LogP contribution in [-0.4, -0.2) is 42.5 Å². The number of aromatic nitrogens is 2. The van der Waals surface area contributed by atoms with Gasteiger partial charge in [-0.1, -0.05) is 11.3 Å². The average Bonchev–Trinajstić information content (AvgIpc) is 3.19. The molecule has 1 aliphatic rings. The Morgan fingerprint density at radius 3 is 2.52 bits per heavy atom. The van der Waals surface area contributed by atoms with Crippen LogP contribution in [-0.2, 0) is 24.3 Å². The fourth-order valence-electron chi connectivity index (χ4n) is 2.34. The number of Topliss-reactive ketones (excluding diaryl/α,β-unsaturated/α-hetero) is 1. The molecule has 0 saturated carbocycles. The quantitative estimate of drug-likeness (QED) is 0.437. The van der Waals surface area contributed by atoms with Gasteiger partial charge in [-0.05, 0) is 38.1 Å². The number of nitrogens with one attached hydrogen (secondary N) is 1. The van der Waals surface area contributed by atoms with Crippen LogP contribution in [0.15, 0.2) is 39.4 Å². The first-order valence-corrected chi connectivity index (χ1v) is 10.1. The normalized spacial score (nSPS) is 20.0. The van der Waals surface area contributed by atoms with Crippen LogP contribution in [0.5, 0.6) is 0 Å². The number of ketones is 1. The van der Waals surface area contributed by atoms with Crippen molar-refractivity contribution in [2.45, 2.75) is 30.7 Å². The van der Waals surface area contributed by atoms with Crippen molar-refractivity contribution in [3.8, 4) is 0 Å². The smallest absolute Gasteiger partial charge is 0.343 e. The van der Waals surface area contributed by atoms with Crippen molar-refractivity contribution >= 4 is 43.9 Å². The van der Waals surface area contributed by atoms with Crippen molar-refractivity contribution < 1.29 is 22.7 Å². The Hall–Kier alpha value is -2.73. The van der Waals surface area contributed by atoms with Crippen LogP contribution < -0.4 is 4.72 Å². The van der Waals surface area contributed by atoms with E-state index in [0.29, 0.717) is 10.7 Å². The first kappa shape index (κ1) is 19.0. The lowest BCUT2D eigenvalue weighted by Gasteiger charge is -2.13. The number of hydrogen-bond acceptors (Lipinski definition) is 10. The first-order chi connectivity index (χ1) is 12.7. The molecule has 142 valence electrons. The van der Waals surface area contributed by atoms with Crippen molar-refractivity contribution in [1.82, 2.24) is 10.2 Å². The third-order valence-electron chi connectivity index (χ3n) is 3.85. The molecular formula is C15H15N5O5S2. The molecular weight excluding hydrogens is 394 g/mol. The molecule has 2 heterocycles. The van der Waals surface area contributed by atoms with Gasteiger partial charge < -0.3 is 4.74 Å². The van der Waals surface area contributed by atoms with Crippen molar-refractivity contribution in [2.24, 2.45) is 10.2 Å². The zero-order valence-electron chi connectivity index (χ0n) is 14.4. The van der Waals surface area contributed by atoms with Crippen molar-refractivity contribution in [1.29, 1.82) is 0 Å². The van der Waals surface area contributed by atoms with Gasteiger partial charge in [-0.2, -0.15) is 10.2 Å². The van der Waals surface area contributed by atoms with Gasteiger partial charge in [0.15, 0.2) is 5.78 Å². The van der Waals surface area contributed by atoms with Gasteiger partial charge in [0.1, 0.15) is 5.01 Å². The second kappa shape index (κ2) is 7.12. The number of carbonyl (C=O) groups excluding carboxylic acids is 2. The minimum absolute atomic E-state index is 0.00383. The molecule has 0 unspecified atom stereocenters. The molecule has 0 amide bonds. The van der Waals surface area contributed by atoms with E-state index in [1.807, 2.05) is 0 Å². The van der Waals surface area contributed by atoms with E-state index in [-0.39, 0.29) is 23.1 Å². The molecule has 0 bridgehead atoms. The second-order valence-corrected chi connectivity index (χ2v) is 8.59. The molecule has 1 aliphatic heterocycles. The fraction of sp³-hybridized carbons (Fsp3) is 0.333. The van der Waals surface area contributed by atoms with Crippen LogP contribution >= 0.6 is 11.3 Å². The summed E-state index contributed by atoms with van der Waals surface area (Å²) in [5.74, 6) is -1.18. The number of carbonyl (C=O) groups is 2. The highest BCUT2D eigenvalue weighted by Gasteiger charge is 2.50. The summed E-state index contributed by atoms with van der Waals surface area (Å²) in [6, 6.07) is 5.49. The van der Waals surface area contributed by atoms with Crippen LogP contribution in [0.2, 0.25) is 0 Å². The highest BCUT2D eigenvalue weighted by molar-refractivity contribution is 7.93. The molecule has 1 atom stereocenters. The zero-order chi connectivity index (χ0) is 19.7. The lowest BCUT2D eigenvalue weighted by Crippen LogP contribution is -2.39. The highest BCUT2D eigenvalue weighted by atomic mass is 32.2. The fourth-order valence-corrected chi connectivity index (χ4v) is 4.16. The topological polar surface area (TPSA) is 140 Å². The minimum Gasteiger partial charge on any atom is -0.463 e. The van der Waals surface area contributed by atoms with E-state index in [2.05, 4.69) is 25.1 Å². The number of esters is 1. The number of nitrogens with zero attached hydrogens (tertiary/aromatic N) is 4. The van der Waals surface area contributed by atoms with E-state index < -0.39 is 27.3 Å². The average molecular weight is 409 g/mol. The third kappa shape index (κ3) is 3.85. The van der Waals surface area contributed by atoms with Crippen LogP contribution in [0.25, 0.3) is 0 Å². The summed E-state index contributed by atoms with van der Waals surface area (Å²) in [4.78, 5) is 23.6. The molecule has 0 radical (unpaired) electrons. The van der Waals surface area contributed by atoms with Gasteiger partial charge in [0, 0.05) is 6.42 Å². The van der Waals surface area contributed by atoms with Gasteiger partial charge in [0.25, 0.3) is 10.0 Å². The summed E-state index contributed by atoms with van der Waals surface area (Å²) in [5.41, 5.74) is -1.33. The number of benzene rings is 1. The Kier molecular flexibility index (Phi) is 5.02.